The van der Waals surface area contributed by atoms with E-state index in [1.54, 1.807) is 0 Å². The van der Waals surface area contributed by atoms with E-state index in [0.717, 1.165) is 0 Å². The number of aromatic nitrogens is 1. The van der Waals surface area contributed by atoms with E-state index in [1.807, 2.05) is 0 Å². The molecule has 68 heavy (non-hydrogen) atoms. The van der Waals surface area contributed by atoms with Crippen LogP contribution in [0.3, 0.4) is 0 Å². The average molecular weight is 884 g/mol. The molecule has 8 aromatic carbocycles. The Kier molecular flexibility index (Phi) is 9.00. The normalized spacial score (nSPS) is 14.1. The van der Waals surface area contributed by atoms with Crippen LogP contribution in [0.4, 0.5) is 34.1 Å². The van der Waals surface area contributed by atoms with E-state index in [1.165, 1.54) is 122 Å². The Balaban J connectivity index is 1.18. The van der Waals surface area contributed by atoms with E-state index in [0.29, 0.717) is 0 Å². The van der Waals surface area contributed by atoms with Gasteiger partial charge >= 0.3 is 0 Å². The van der Waals surface area contributed by atoms with Crippen molar-refractivity contribution < 1.29 is 0 Å². The third kappa shape index (κ3) is 6.39. The first-order valence-corrected chi connectivity index (χ1v) is 24.7. The largest absolute Gasteiger partial charge is 0.311 e. The molecule has 336 valence electrons. The summed E-state index contributed by atoms with van der Waals surface area (Å²) in [5.41, 5.74) is 22.9. The minimum Gasteiger partial charge on any atom is -0.311 e. The lowest BCUT2D eigenvalue weighted by Crippen LogP contribution is -2.61. The van der Waals surface area contributed by atoms with Gasteiger partial charge < -0.3 is 14.2 Å². The molecule has 2 aromatic heterocycles. The van der Waals surface area contributed by atoms with Crippen molar-refractivity contribution >= 4 is 95.3 Å². The molecule has 4 heteroatoms. The van der Waals surface area contributed by atoms with Crippen LogP contribution < -0.4 is 26.2 Å². The summed E-state index contributed by atoms with van der Waals surface area (Å²) in [4.78, 5) is 5.16. The highest BCUT2D eigenvalue weighted by atomic mass is 15.2. The van der Waals surface area contributed by atoms with Gasteiger partial charge in [0.1, 0.15) is 0 Å². The first kappa shape index (κ1) is 42.6. The van der Waals surface area contributed by atoms with Gasteiger partial charge in [0, 0.05) is 55.7 Å². The standard InChI is InChI=1S/C64H62BN3/c1-61(2,3)41-21-27-45(28-22-41)66-55-32-25-43(63(7,8)9)37-51(55)65-52-38-44(64(10,11)12)26-33-56(52)67(46-29-23-42(24-30-46)62(4,5)6)58-36-40(35-57(66)59(58)65)39-20-31-54-50(34-39)49-18-15-17-48-47-16-13-14-19-53(47)68(54)60(48)49/h13-38H,1-12H3. The van der Waals surface area contributed by atoms with Crippen molar-refractivity contribution in [3.63, 3.8) is 0 Å². The highest BCUT2D eigenvalue weighted by Gasteiger charge is 2.44. The van der Waals surface area contributed by atoms with Crippen LogP contribution in [0, 0.1) is 0 Å². The Morgan fingerprint density at radius 1 is 0.338 bits per heavy atom. The maximum atomic E-state index is 2.58. The van der Waals surface area contributed by atoms with Gasteiger partial charge in [-0.2, -0.15) is 0 Å². The number of anilines is 6. The smallest absolute Gasteiger partial charge is 0.252 e. The fourth-order valence-electron chi connectivity index (χ4n) is 11.5. The van der Waals surface area contributed by atoms with E-state index in [-0.39, 0.29) is 28.4 Å². The van der Waals surface area contributed by atoms with Crippen molar-refractivity contribution in [2.45, 2.75) is 105 Å². The number of rotatable bonds is 3. The second-order valence-corrected chi connectivity index (χ2v) is 24.0. The lowest BCUT2D eigenvalue weighted by atomic mass is 9.33. The van der Waals surface area contributed by atoms with Crippen molar-refractivity contribution in [2.75, 3.05) is 9.80 Å². The molecule has 0 saturated heterocycles. The predicted molar refractivity (Wildman–Crippen MR) is 295 cm³/mol. The number of hydrogen-bond donors (Lipinski definition) is 0. The van der Waals surface area contributed by atoms with E-state index in [9.17, 15) is 0 Å². The third-order valence-corrected chi connectivity index (χ3v) is 15.3. The van der Waals surface area contributed by atoms with Crippen LogP contribution in [0.5, 0.6) is 0 Å². The fourth-order valence-corrected chi connectivity index (χ4v) is 11.5. The Labute approximate surface area is 403 Å². The van der Waals surface area contributed by atoms with Crippen LogP contribution in [0.25, 0.3) is 49.2 Å². The molecule has 10 aromatic rings. The van der Waals surface area contributed by atoms with Crippen LogP contribution in [-0.4, -0.2) is 11.1 Å². The molecule has 0 unspecified atom stereocenters. The lowest BCUT2D eigenvalue weighted by molar-refractivity contribution is 0.590. The molecule has 4 heterocycles. The molecule has 2 aliphatic rings. The van der Waals surface area contributed by atoms with Crippen LogP contribution in [0.15, 0.2) is 158 Å². The van der Waals surface area contributed by atoms with E-state index < -0.39 is 0 Å². The molecule has 0 spiro atoms. The Bertz CT molecular complexity index is 3510. The van der Waals surface area contributed by atoms with Crippen molar-refractivity contribution in [1.29, 1.82) is 0 Å². The number of fused-ring (bicyclic) bond motifs is 10. The monoisotopic (exact) mass is 884 g/mol. The van der Waals surface area contributed by atoms with Crippen molar-refractivity contribution in [2.24, 2.45) is 0 Å². The van der Waals surface area contributed by atoms with Gasteiger partial charge in [0.15, 0.2) is 0 Å². The zero-order valence-electron chi connectivity index (χ0n) is 41.9. The summed E-state index contributed by atoms with van der Waals surface area (Å²) >= 11 is 0. The summed E-state index contributed by atoms with van der Waals surface area (Å²) in [5.74, 6) is 0. The third-order valence-electron chi connectivity index (χ3n) is 15.3. The summed E-state index contributed by atoms with van der Waals surface area (Å²) in [6, 6.07) is 61.3. The minimum absolute atomic E-state index is 0.00986. The molecule has 0 bridgehead atoms. The van der Waals surface area contributed by atoms with Gasteiger partial charge in [0.2, 0.25) is 0 Å². The summed E-state index contributed by atoms with van der Waals surface area (Å²) in [7, 11) is 0. The topological polar surface area (TPSA) is 10.9 Å². The van der Waals surface area contributed by atoms with E-state index in [2.05, 4.69) is 255 Å². The minimum atomic E-state index is -0.0299. The number of hydrogen-bond acceptors (Lipinski definition) is 2. The Morgan fingerprint density at radius 2 is 0.779 bits per heavy atom. The van der Waals surface area contributed by atoms with Gasteiger partial charge in [0.25, 0.3) is 6.71 Å². The predicted octanol–water partition coefficient (Wildman–Crippen LogP) is 15.8. The first-order valence-electron chi connectivity index (χ1n) is 24.7. The van der Waals surface area contributed by atoms with Crippen LogP contribution >= 0.6 is 0 Å². The molecule has 0 amide bonds. The Morgan fingerprint density at radius 3 is 1.28 bits per heavy atom. The quantitative estimate of drug-likeness (QED) is 0.164. The van der Waals surface area contributed by atoms with Gasteiger partial charge in [-0.1, -0.05) is 174 Å². The van der Waals surface area contributed by atoms with Gasteiger partial charge in [0.05, 0.1) is 16.6 Å². The van der Waals surface area contributed by atoms with Crippen molar-refractivity contribution in [3.05, 3.63) is 180 Å². The zero-order chi connectivity index (χ0) is 47.4. The summed E-state index contributed by atoms with van der Waals surface area (Å²) in [5, 5.41) is 5.19. The SMILES string of the molecule is CC(C)(C)c1ccc(N2c3ccc(C(C)(C)C)cc3B3c4cc(C(C)(C)C)ccc4N(c4ccc(C(C)(C)C)cc4)c4cc(-c5ccc6c(c5)c5cccc7c8ccccc8n6c75)cc2c43)cc1. The van der Waals surface area contributed by atoms with E-state index >= 15 is 0 Å². The van der Waals surface area contributed by atoms with Gasteiger partial charge in [-0.15, -0.1) is 0 Å². The second-order valence-electron chi connectivity index (χ2n) is 24.0. The number of nitrogens with zero attached hydrogens (tertiary/aromatic N) is 3. The molecular formula is C64H62BN3. The maximum absolute atomic E-state index is 2.58. The molecule has 0 aliphatic carbocycles. The molecule has 0 atom stereocenters. The van der Waals surface area contributed by atoms with Crippen LogP contribution in [0.2, 0.25) is 0 Å². The molecule has 3 nitrogen and oxygen atoms in total. The maximum Gasteiger partial charge on any atom is 0.252 e. The summed E-state index contributed by atoms with van der Waals surface area (Å²) in [6.45, 7) is 27.9. The molecule has 0 radical (unpaired) electrons. The van der Waals surface area contributed by atoms with Gasteiger partial charge in [-0.3, -0.25) is 0 Å². The van der Waals surface area contributed by atoms with E-state index in [4.69, 9.17) is 0 Å². The molecule has 0 saturated carbocycles. The summed E-state index contributed by atoms with van der Waals surface area (Å²) < 4.78 is 2.48. The highest BCUT2D eigenvalue weighted by molar-refractivity contribution is 7.00. The van der Waals surface area contributed by atoms with Gasteiger partial charge in [-0.25, -0.2) is 0 Å². The second kappa shape index (κ2) is 14.4. The van der Waals surface area contributed by atoms with Crippen LogP contribution in [0.1, 0.15) is 105 Å². The van der Waals surface area contributed by atoms with Gasteiger partial charge in [-0.05, 0) is 138 Å². The zero-order valence-corrected chi connectivity index (χ0v) is 41.9. The number of para-hydroxylation sites is 2. The molecule has 0 N–H and O–H groups in total. The molecular weight excluding hydrogens is 822 g/mol. The first-order chi connectivity index (χ1) is 32.3. The molecule has 0 fully saturated rings. The fraction of sp³-hybridized carbons (Fsp3) is 0.250. The van der Waals surface area contributed by atoms with Crippen molar-refractivity contribution in [3.8, 4) is 11.1 Å². The lowest BCUT2D eigenvalue weighted by Gasteiger charge is -2.45. The average Bonchev–Trinajstić information content (AvgIpc) is 3.82. The Hall–Kier alpha value is -6.78. The van der Waals surface area contributed by atoms with Crippen molar-refractivity contribution in [1.82, 2.24) is 4.40 Å². The highest BCUT2D eigenvalue weighted by Crippen LogP contribution is 2.48. The van der Waals surface area contributed by atoms with Crippen LogP contribution in [-0.2, 0) is 21.7 Å². The summed E-state index contributed by atoms with van der Waals surface area (Å²) in [6.07, 6.45) is 0. The molecule has 12 rings (SSSR count). The number of benzene rings is 8. The molecule has 2 aliphatic heterocycles.